The van der Waals surface area contributed by atoms with Crippen LogP contribution in [0.2, 0.25) is 0 Å². The number of nitrogens with zero attached hydrogens (tertiary/aromatic N) is 1. The number of hydrogen-bond donors (Lipinski definition) is 2. The Kier molecular flexibility index (Phi) is 4.08. The van der Waals surface area contributed by atoms with Gasteiger partial charge in [-0.05, 0) is 37.6 Å². The minimum atomic E-state index is -0.490. The number of benzene rings is 2. The standard InChI is InChI=1S/C20H15N3O3S/c1-10-3-5-13(11(2)7-10)16-9-27-20(21-16)23-17(24)12-4-6-14-15(8-12)19(26)22-18(14)25/h3-9H,1-2H3,(H,21,23,24)(H,22,25,26). The maximum Gasteiger partial charge on any atom is 0.258 e. The second-order valence-electron chi connectivity index (χ2n) is 6.35. The summed E-state index contributed by atoms with van der Waals surface area (Å²) in [6.45, 7) is 4.06. The van der Waals surface area contributed by atoms with Gasteiger partial charge in [0, 0.05) is 16.5 Å². The van der Waals surface area contributed by atoms with Crippen molar-refractivity contribution in [2.24, 2.45) is 0 Å². The van der Waals surface area contributed by atoms with Crippen molar-refractivity contribution in [3.05, 3.63) is 69.6 Å². The van der Waals surface area contributed by atoms with Gasteiger partial charge in [0.2, 0.25) is 0 Å². The summed E-state index contributed by atoms with van der Waals surface area (Å²) in [5.74, 6) is -1.32. The predicted molar refractivity (Wildman–Crippen MR) is 103 cm³/mol. The number of hydrogen-bond acceptors (Lipinski definition) is 5. The average molecular weight is 377 g/mol. The Labute approximate surface area is 159 Å². The van der Waals surface area contributed by atoms with Crippen molar-refractivity contribution in [1.82, 2.24) is 10.3 Å². The highest BCUT2D eigenvalue weighted by molar-refractivity contribution is 7.14. The van der Waals surface area contributed by atoms with E-state index in [0.717, 1.165) is 16.8 Å². The number of anilines is 1. The lowest BCUT2D eigenvalue weighted by Crippen LogP contribution is -2.19. The summed E-state index contributed by atoms with van der Waals surface area (Å²) in [7, 11) is 0. The Bertz CT molecular complexity index is 1120. The van der Waals surface area contributed by atoms with Crippen LogP contribution in [0.5, 0.6) is 0 Å². The summed E-state index contributed by atoms with van der Waals surface area (Å²) in [5.41, 5.74) is 4.90. The Hall–Kier alpha value is -3.32. The fraction of sp³-hybridized carbons (Fsp3) is 0.100. The van der Waals surface area contributed by atoms with Crippen LogP contribution in [0.1, 0.15) is 42.2 Å². The number of amides is 3. The molecule has 2 N–H and O–H groups in total. The summed E-state index contributed by atoms with van der Waals surface area (Å²) < 4.78 is 0. The van der Waals surface area contributed by atoms with Crippen molar-refractivity contribution in [3.8, 4) is 11.3 Å². The molecule has 1 aliphatic rings. The van der Waals surface area contributed by atoms with Crippen molar-refractivity contribution in [2.75, 3.05) is 5.32 Å². The highest BCUT2D eigenvalue weighted by Gasteiger charge is 2.27. The van der Waals surface area contributed by atoms with Gasteiger partial charge in [-0.1, -0.05) is 23.8 Å². The van der Waals surface area contributed by atoms with Gasteiger partial charge in [0.05, 0.1) is 16.8 Å². The van der Waals surface area contributed by atoms with E-state index >= 15 is 0 Å². The minimum Gasteiger partial charge on any atom is -0.298 e. The zero-order valence-electron chi connectivity index (χ0n) is 14.6. The molecule has 1 aromatic heterocycles. The van der Waals surface area contributed by atoms with Crippen LogP contribution < -0.4 is 10.6 Å². The van der Waals surface area contributed by atoms with Gasteiger partial charge in [-0.2, -0.15) is 0 Å². The molecule has 2 heterocycles. The van der Waals surface area contributed by atoms with Gasteiger partial charge in [-0.15, -0.1) is 11.3 Å². The smallest absolute Gasteiger partial charge is 0.258 e. The van der Waals surface area contributed by atoms with Crippen LogP contribution in [0.25, 0.3) is 11.3 Å². The highest BCUT2D eigenvalue weighted by atomic mass is 32.1. The molecule has 7 heteroatoms. The van der Waals surface area contributed by atoms with Gasteiger partial charge < -0.3 is 0 Å². The number of rotatable bonds is 3. The Morgan fingerprint density at radius 1 is 1.00 bits per heavy atom. The van der Waals surface area contributed by atoms with Crippen LogP contribution in [0.15, 0.2) is 41.8 Å². The van der Waals surface area contributed by atoms with Crippen molar-refractivity contribution in [3.63, 3.8) is 0 Å². The Balaban J connectivity index is 1.56. The lowest BCUT2D eigenvalue weighted by Gasteiger charge is -2.04. The van der Waals surface area contributed by atoms with E-state index in [9.17, 15) is 14.4 Å². The first-order valence-corrected chi connectivity index (χ1v) is 9.14. The monoisotopic (exact) mass is 377 g/mol. The molecule has 0 fully saturated rings. The highest BCUT2D eigenvalue weighted by Crippen LogP contribution is 2.28. The van der Waals surface area contributed by atoms with E-state index in [4.69, 9.17) is 0 Å². The maximum absolute atomic E-state index is 12.5. The van der Waals surface area contributed by atoms with Gasteiger partial charge in [-0.3, -0.25) is 25.0 Å². The molecule has 0 bridgehead atoms. The van der Waals surface area contributed by atoms with E-state index in [1.807, 2.05) is 31.4 Å². The van der Waals surface area contributed by atoms with Crippen molar-refractivity contribution in [1.29, 1.82) is 0 Å². The molecule has 4 rings (SSSR count). The quantitative estimate of drug-likeness (QED) is 0.683. The largest absolute Gasteiger partial charge is 0.298 e. The van der Waals surface area contributed by atoms with E-state index in [-0.39, 0.29) is 17.0 Å². The molecule has 1 aliphatic heterocycles. The van der Waals surface area contributed by atoms with E-state index in [2.05, 4.69) is 21.7 Å². The Morgan fingerprint density at radius 2 is 1.74 bits per heavy atom. The van der Waals surface area contributed by atoms with Crippen LogP contribution in [0.3, 0.4) is 0 Å². The molecule has 2 aromatic carbocycles. The number of carbonyl (C=O) groups is 3. The van der Waals surface area contributed by atoms with E-state index in [1.54, 1.807) is 0 Å². The summed E-state index contributed by atoms with van der Waals surface area (Å²) in [4.78, 5) is 40.3. The van der Waals surface area contributed by atoms with E-state index in [1.165, 1.54) is 35.1 Å². The van der Waals surface area contributed by atoms with Gasteiger partial charge in [0.25, 0.3) is 17.7 Å². The second kappa shape index (κ2) is 6.44. The zero-order valence-corrected chi connectivity index (χ0v) is 15.4. The number of carbonyl (C=O) groups excluding carboxylic acids is 3. The molecule has 0 saturated carbocycles. The molecule has 0 spiro atoms. The van der Waals surface area contributed by atoms with Crippen LogP contribution >= 0.6 is 11.3 Å². The third-order valence-corrected chi connectivity index (χ3v) is 5.14. The number of aromatic nitrogens is 1. The van der Waals surface area contributed by atoms with Crippen molar-refractivity contribution >= 4 is 34.2 Å². The second-order valence-corrected chi connectivity index (χ2v) is 7.21. The topological polar surface area (TPSA) is 88.2 Å². The SMILES string of the molecule is Cc1ccc(-c2csc(NC(=O)c3ccc4c(c3)C(=O)NC4=O)n2)c(C)c1. The molecule has 0 radical (unpaired) electrons. The van der Waals surface area contributed by atoms with Crippen molar-refractivity contribution in [2.45, 2.75) is 13.8 Å². The van der Waals surface area contributed by atoms with Gasteiger partial charge in [0.1, 0.15) is 0 Å². The number of aryl methyl sites for hydroxylation is 2. The van der Waals surface area contributed by atoms with Gasteiger partial charge in [-0.25, -0.2) is 4.98 Å². The summed E-state index contributed by atoms with van der Waals surface area (Å²) >= 11 is 1.33. The minimum absolute atomic E-state index is 0.211. The molecule has 134 valence electrons. The molecule has 0 saturated heterocycles. The Morgan fingerprint density at radius 3 is 2.52 bits per heavy atom. The normalized spacial score (nSPS) is 12.7. The predicted octanol–water partition coefficient (Wildman–Crippen LogP) is 3.56. The molecule has 27 heavy (non-hydrogen) atoms. The van der Waals surface area contributed by atoms with Crippen LogP contribution in [0, 0.1) is 13.8 Å². The molecule has 0 atom stereocenters. The average Bonchev–Trinajstić information content (AvgIpc) is 3.19. The number of nitrogens with one attached hydrogen (secondary N) is 2. The third kappa shape index (κ3) is 3.13. The molecular weight excluding hydrogens is 362 g/mol. The number of thiazole rings is 1. The fourth-order valence-electron chi connectivity index (χ4n) is 3.03. The molecule has 0 aliphatic carbocycles. The molecule has 6 nitrogen and oxygen atoms in total. The lowest BCUT2D eigenvalue weighted by atomic mass is 10.0. The van der Waals surface area contributed by atoms with Crippen molar-refractivity contribution < 1.29 is 14.4 Å². The first-order valence-electron chi connectivity index (χ1n) is 8.26. The number of fused-ring (bicyclic) bond motifs is 1. The first-order chi connectivity index (χ1) is 12.9. The summed E-state index contributed by atoms with van der Waals surface area (Å²) in [6, 6.07) is 10.5. The third-order valence-electron chi connectivity index (χ3n) is 4.38. The lowest BCUT2D eigenvalue weighted by molar-refractivity contribution is 0.0879. The van der Waals surface area contributed by atoms with Gasteiger partial charge in [0.15, 0.2) is 5.13 Å². The molecule has 3 aromatic rings. The molecular formula is C20H15N3O3S. The zero-order chi connectivity index (χ0) is 19.1. The number of imide groups is 1. The molecule has 0 unspecified atom stereocenters. The van der Waals surface area contributed by atoms with Crippen LogP contribution in [-0.2, 0) is 0 Å². The van der Waals surface area contributed by atoms with Gasteiger partial charge >= 0.3 is 0 Å². The van der Waals surface area contributed by atoms with E-state index in [0.29, 0.717) is 10.7 Å². The first kappa shape index (κ1) is 17.1. The fourth-order valence-corrected chi connectivity index (χ4v) is 3.74. The maximum atomic E-state index is 12.5. The van der Waals surface area contributed by atoms with E-state index < -0.39 is 11.8 Å². The van der Waals surface area contributed by atoms with Crippen LogP contribution in [-0.4, -0.2) is 22.7 Å². The summed E-state index contributed by atoms with van der Waals surface area (Å²) in [5, 5.41) is 7.32. The summed E-state index contributed by atoms with van der Waals surface area (Å²) in [6.07, 6.45) is 0. The van der Waals surface area contributed by atoms with Crippen LogP contribution in [0.4, 0.5) is 5.13 Å². The molecule has 3 amide bonds.